The van der Waals surface area contributed by atoms with Crippen LogP contribution in [0.4, 0.5) is 0 Å². The molecule has 1 rings (SSSR count). The third kappa shape index (κ3) is 5.39. The van der Waals surface area contributed by atoms with Gasteiger partial charge >= 0.3 is 0 Å². The highest BCUT2D eigenvalue weighted by Crippen LogP contribution is 2.35. The van der Waals surface area contributed by atoms with Crippen LogP contribution in [0.1, 0.15) is 72.1 Å². The van der Waals surface area contributed by atoms with Crippen molar-refractivity contribution in [3.8, 4) is 0 Å². The van der Waals surface area contributed by atoms with E-state index in [9.17, 15) is 0 Å². The minimum absolute atomic E-state index is 0. The smallest absolute Gasteiger partial charge is 0.0894 e. The van der Waals surface area contributed by atoms with Crippen molar-refractivity contribution in [1.82, 2.24) is 0 Å². The predicted octanol–water partition coefficient (Wildman–Crippen LogP) is 4.19. The molecule has 2 heteroatoms. The average molecular weight is 243 g/mol. The summed E-state index contributed by atoms with van der Waals surface area (Å²) in [6.07, 6.45) is 11.4. The fraction of sp³-hybridized carbons (Fsp3) is 1.00. The Morgan fingerprint density at radius 2 is 1.12 bits per heavy atom. The number of hydrogen-bond acceptors (Lipinski definition) is 1. The summed E-state index contributed by atoms with van der Waals surface area (Å²) in [6, 6.07) is 1.05. The molecule has 0 radical (unpaired) electrons. The molecule has 0 aromatic carbocycles. The third-order valence-corrected chi connectivity index (χ3v) is 4.19. The number of hydrogen-bond donors (Lipinski definition) is 0. The van der Waals surface area contributed by atoms with Crippen LogP contribution in [0.3, 0.4) is 0 Å². The quantitative estimate of drug-likeness (QED) is 0.529. The minimum atomic E-state index is 0. The molecule has 0 heterocycles. The van der Waals surface area contributed by atoms with E-state index in [1.807, 2.05) is 0 Å². The molecule has 1 aliphatic rings. The van der Waals surface area contributed by atoms with Crippen LogP contribution in [-0.4, -0.2) is 35.6 Å². The van der Waals surface area contributed by atoms with Crippen molar-refractivity contribution in [3.63, 3.8) is 0 Å². The van der Waals surface area contributed by atoms with Gasteiger partial charge in [-0.05, 0) is 19.3 Å². The predicted molar refractivity (Wildman–Crippen MR) is 74.5 cm³/mol. The summed E-state index contributed by atoms with van der Waals surface area (Å²) >= 11 is 0. The second-order valence-electron chi connectivity index (χ2n) is 5.68. The van der Waals surface area contributed by atoms with Crippen LogP contribution in [0.2, 0.25) is 0 Å². The van der Waals surface area contributed by atoms with Gasteiger partial charge in [0.25, 0.3) is 0 Å². The van der Waals surface area contributed by atoms with E-state index >= 15 is 0 Å². The highest BCUT2D eigenvalue weighted by atomic mass is 16.0. The van der Waals surface area contributed by atoms with E-state index in [1.54, 1.807) is 0 Å². The van der Waals surface area contributed by atoms with Gasteiger partial charge in [0, 0.05) is 12.8 Å². The molecule has 17 heavy (non-hydrogen) atoms. The molecule has 1 aliphatic carbocycles. The summed E-state index contributed by atoms with van der Waals surface area (Å²) in [4.78, 5) is 0. The largest absolute Gasteiger partial charge is 0.870 e. The normalized spacial score (nSPS) is 15.7. The zero-order valence-corrected chi connectivity index (χ0v) is 12.2. The van der Waals surface area contributed by atoms with Crippen LogP contribution in [-0.2, 0) is 0 Å². The molecule has 0 bridgehead atoms. The van der Waals surface area contributed by atoms with Crippen LogP contribution >= 0.6 is 0 Å². The Balaban J connectivity index is 0.00000256. The Morgan fingerprint density at radius 1 is 0.765 bits per heavy atom. The first-order valence-electron chi connectivity index (χ1n) is 7.64. The topological polar surface area (TPSA) is 30.0 Å². The Hall–Kier alpha value is -0.0800. The molecule has 0 atom stereocenters. The molecule has 104 valence electrons. The maximum absolute atomic E-state index is 2.33. The molecule has 1 N–H and O–H groups in total. The monoisotopic (exact) mass is 243 g/mol. The van der Waals surface area contributed by atoms with E-state index in [0.29, 0.717) is 0 Å². The molecule has 1 fully saturated rings. The molecule has 0 aliphatic heterocycles. The number of quaternary nitrogens is 1. The number of rotatable bonds is 10. The van der Waals surface area contributed by atoms with Crippen molar-refractivity contribution in [3.05, 3.63) is 0 Å². The van der Waals surface area contributed by atoms with Crippen molar-refractivity contribution in [2.45, 2.75) is 78.2 Å². The van der Waals surface area contributed by atoms with E-state index < -0.39 is 0 Å². The molecule has 0 aromatic rings. The third-order valence-electron chi connectivity index (χ3n) is 4.19. The maximum atomic E-state index is 2.33. The number of nitrogens with zero attached hydrogens (tertiary/aromatic N) is 1. The van der Waals surface area contributed by atoms with Gasteiger partial charge < -0.3 is 9.96 Å². The average Bonchev–Trinajstić information content (AvgIpc) is 3.13. The summed E-state index contributed by atoms with van der Waals surface area (Å²) in [6.45, 7) is 11.4. The lowest BCUT2D eigenvalue weighted by atomic mass is 10.1. The SMILES string of the molecule is CCCC[N+](CCCC)(CCCC)C1CC1.[OH-]. The van der Waals surface area contributed by atoms with Gasteiger partial charge in [-0.1, -0.05) is 40.0 Å². The van der Waals surface area contributed by atoms with E-state index in [4.69, 9.17) is 0 Å². The van der Waals surface area contributed by atoms with Gasteiger partial charge in [0.1, 0.15) is 0 Å². The summed E-state index contributed by atoms with van der Waals surface area (Å²) in [5, 5.41) is 0. The summed E-state index contributed by atoms with van der Waals surface area (Å²) in [7, 11) is 0. The Kier molecular flexibility index (Phi) is 8.89. The molecule has 0 aromatic heterocycles. The fourth-order valence-electron chi connectivity index (χ4n) is 2.92. The van der Waals surface area contributed by atoms with Crippen LogP contribution < -0.4 is 0 Å². The zero-order chi connectivity index (χ0) is 11.9. The van der Waals surface area contributed by atoms with E-state index in [0.717, 1.165) is 6.04 Å². The molecule has 0 spiro atoms. The van der Waals surface area contributed by atoms with E-state index in [2.05, 4.69) is 20.8 Å². The lowest BCUT2D eigenvalue weighted by Crippen LogP contribution is -2.52. The van der Waals surface area contributed by atoms with Gasteiger partial charge in [-0.25, -0.2) is 0 Å². The molecule has 2 nitrogen and oxygen atoms in total. The van der Waals surface area contributed by atoms with Crippen LogP contribution in [0, 0.1) is 0 Å². The Labute approximate surface area is 108 Å². The second-order valence-corrected chi connectivity index (χ2v) is 5.68. The van der Waals surface area contributed by atoms with Crippen LogP contribution in [0.5, 0.6) is 0 Å². The minimum Gasteiger partial charge on any atom is -0.870 e. The number of unbranched alkanes of at least 4 members (excludes halogenated alkanes) is 3. The highest BCUT2D eigenvalue weighted by molar-refractivity contribution is 4.76. The molecule has 0 saturated heterocycles. The van der Waals surface area contributed by atoms with Crippen LogP contribution in [0.25, 0.3) is 0 Å². The summed E-state index contributed by atoms with van der Waals surface area (Å²) < 4.78 is 1.48. The standard InChI is InChI=1S/C15H32N.H2O/c1-4-7-12-16(13-8-5-2,14-9-6-3)15-10-11-15;/h15H,4-14H2,1-3H3;1H2/q+1;/p-1. The van der Waals surface area contributed by atoms with Crippen molar-refractivity contribution in [1.29, 1.82) is 0 Å². The zero-order valence-electron chi connectivity index (χ0n) is 12.2. The van der Waals surface area contributed by atoms with Crippen molar-refractivity contribution in [2.75, 3.05) is 19.6 Å². The summed E-state index contributed by atoms with van der Waals surface area (Å²) in [5.41, 5.74) is 0. The van der Waals surface area contributed by atoms with Crippen molar-refractivity contribution >= 4 is 0 Å². The highest BCUT2D eigenvalue weighted by Gasteiger charge is 2.42. The molecular weight excluding hydrogens is 210 g/mol. The first-order chi connectivity index (χ1) is 7.79. The van der Waals surface area contributed by atoms with E-state index in [1.165, 1.54) is 75.5 Å². The molecule has 1 saturated carbocycles. The molecule has 0 unspecified atom stereocenters. The first kappa shape index (κ1) is 16.9. The van der Waals surface area contributed by atoms with Gasteiger partial charge in [-0.3, -0.25) is 0 Å². The van der Waals surface area contributed by atoms with Gasteiger partial charge in [0.2, 0.25) is 0 Å². The fourth-order valence-corrected chi connectivity index (χ4v) is 2.92. The van der Waals surface area contributed by atoms with Crippen LogP contribution in [0.15, 0.2) is 0 Å². The lowest BCUT2D eigenvalue weighted by Gasteiger charge is -2.39. The Bertz CT molecular complexity index is 156. The summed E-state index contributed by atoms with van der Waals surface area (Å²) in [5.74, 6) is 0. The van der Waals surface area contributed by atoms with Gasteiger partial charge in [-0.15, -0.1) is 0 Å². The molecule has 0 amide bonds. The maximum Gasteiger partial charge on any atom is 0.0894 e. The van der Waals surface area contributed by atoms with E-state index in [-0.39, 0.29) is 5.48 Å². The van der Waals surface area contributed by atoms with Gasteiger partial charge in [0.15, 0.2) is 0 Å². The van der Waals surface area contributed by atoms with Gasteiger partial charge in [-0.2, -0.15) is 0 Å². The first-order valence-corrected chi connectivity index (χ1v) is 7.64. The molecular formula is C15H33NO. The second kappa shape index (κ2) is 8.93. The lowest BCUT2D eigenvalue weighted by molar-refractivity contribution is -0.939. The Morgan fingerprint density at radius 3 is 1.35 bits per heavy atom. The van der Waals surface area contributed by atoms with Gasteiger partial charge in [0.05, 0.1) is 25.7 Å². The van der Waals surface area contributed by atoms with Crippen molar-refractivity contribution in [2.24, 2.45) is 0 Å². The van der Waals surface area contributed by atoms with Crippen molar-refractivity contribution < 1.29 is 9.96 Å².